The lowest BCUT2D eigenvalue weighted by Gasteiger charge is -2.08. The molecule has 0 aliphatic heterocycles. The van der Waals surface area contributed by atoms with E-state index >= 15 is 0 Å². The first-order chi connectivity index (χ1) is 10.0. The van der Waals surface area contributed by atoms with Crippen LogP contribution < -0.4 is 5.32 Å². The van der Waals surface area contributed by atoms with Crippen molar-refractivity contribution < 1.29 is 4.92 Å². The minimum absolute atomic E-state index is 0.0526. The molecule has 0 amide bonds. The van der Waals surface area contributed by atoms with E-state index in [0.717, 1.165) is 24.1 Å². The van der Waals surface area contributed by atoms with Gasteiger partial charge in [-0.15, -0.1) is 0 Å². The van der Waals surface area contributed by atoms with Crippen molar-refractivity contribution in [3.63, 3.8) is 0 Å². The predicted molar refractivity (Wildman–Crippen MR) is 84.6 cm³/mol. The molecule has 21 heavy (non-hydrogen) atoms. The lowest BCUT2D eigenvalue weighted by molar-refractivity contribution is -0.384. The fourth-order valence-electron chi connectivity index (χ4n) is 2.01. The topological polar surface area (TPSA) is 68.1 Å². The van der Waals surface area contributed by atoms with Crippen LogP contribution in [0.1, 0.15) is 24.5 Å². The molecule has 0 unspecified atom stereocenters. The van der Waals surface area contributed by atoms with Gasteiger partial charge in [0.1, 0.15) is 5.82 Å². The van der Waals surface area contributed by atoms with Crippen LogP contribution in [0.15, 0.2) is 30.3 Å². The van der Waals surface area contributed by atoms with E-state index in [2.05, 4.69) is 10.3 Å². The average Bonchev–Trinajstić information content (AvgIpc) is 2.47. The van der Waals surface area contributed by atoms with Crippen molar-refractivity contribution in [2.24, 2.45) is 0 Å². The van der Waals surface area contributed by atoms with Crippen molar-refractivity contribution in [2.75, 3.05) is 11.9 Å². The number of aryl methyl sites for hydroxylation is 2. The smallest absolute Gasteiger partial charge is 0.275 e. The Hall–Kier alpha value is -2.43. The second-order valence-electron chi connectivity index (χ2n) is 5.08. The fourth-order valence-corrected chi connectivity index (χ4v) is 2.01. The Balaban J connectivity index is 2.48. The summed E-state index contributed by atoms with van der Waals surface area (Å²) < 4.78 is 0. The van der Waals surface area contributed by atoms with Gasteiger partial charge in [-0.05, 0) is 37.5 Å². The summed E-state index contributed by atoms with van der Waals surface area (Å²) in [7, 11) is 0. The Morgan fingerprint density at radius 3 is 2.57 bits per heavy atom. The molecule has 0 fully saturated rings. The highest BCUT2D eigenvalue weighted by Crippen LogP contribution is 2.26. The summed E-state index contributed by atoms with van der Waals surface area (Å²) in [5, 5.41) is 14.2. The highest BCUT2D eigenvalue weighted by Gasteiger charge is 2.12. The van der Waals surface area contributed by atoms with E-state index in [4.69, 9.17) is 0 Å². The van der Waals surface area contributed by atoms with Crippen LogP contribution in [-0.4, -0.2) is 16.5 Å². The highest BCUT2D eigenvalue weighted by atomic mass is 16.6. The van der Waals surface area contributed by atoms with Gasteiger partial charge in [0.25, 0.3) is 5.69 Å². The van der Waals surface area contributed by atoms with Crippen LogP contribution in [0.3, 0.4) is 0 Å². The molecule has 5 heteroatoms. The number of benzene rings is 1. The molecule has 0 radical (unpaired) electrons. The zero-order valence-corrected chi connectivity index (χ0v) is 12.5. The molecular formula is C16H19N3O2. The highest BCUT2D eigenvalue weighted by molar-refractivity contribution is 5.66. The number of nitrogens with zero attached hydrogens (tertiary/aromatic N) is 2. The molecule has 0 aliphatic rings. The number of pyridine rings is 1. The third-order valence-corrected chi connectivity index (χ3v) is 3.38. The van der Waals surface area contributed by atoms with E-state index in [1.807, 2.05) is 39.0 Å². The summed E-state index contributed by atoms with van der Waals surface area (Å²) in [5.74, 6) is 0.541. The summed E-state index contributed by atoms with van der Waals surface area (Å²) in [4.78, 5) is 15.2. The van der Waals surface area contributed by atoms with E-state index in [9.17, 15) is 10.1 Å². The molecule has 110 valence electrons. The number of aromatic nitrogens is 1. The maximum absolute atomic E-state index is 11.1. The molecule has 2 rings (SSSR count). The lowest BCUT2D eigenvalue weighted by atomic mass is 10.0. The molecule has 5 nitrogen and oxygen atoms in total. The van der Waals surface area contributed by atoms with E-state index < -0.39 is 0 Å². The molecule has 0 bridgehead atoms. The Labute approximate surface area is 124 Å². The van der Waals surface area contributed by atoms with Gasteiger partial charge < -0.3 is 5.32 Å². The van der Waals surface area contributed by atoms with Crippen molar-refractivity contribution in [1.82, 2.24) is 4.98 Å². The van der Waals surface area contributed by atoms with E-state index in [1.54, 1.807) is 0 Å². The number of hydrogen-bond donors (Lipinski definition) is 1. The van der Waals surface area contributed by atoms with Gasteiger partial charge >= 0.3 is 0 Å². The Kier molecular flexibility index (Phi) is 4.52. The summed E-state index contributed by atoms with van der Waals surface area (Å²) in [6.45, 7) is 6.83. The van der Waals surface area contributed by atoms with E-state index in [1.165, 1.54) is 17.7 Å². The Bertz CT molecular complexity index is 669. The molecule has 1 aromatic carbocycles. The van der Waals surface area contributed by atoms with Crippen LogP contribution in [0.25, 0.3) is 11.3 Å². The minimum atomic E-state index is -0.386. The quantitative estimate of drug-likeness (QED) is 0.663. The molecule has 0 aliphatic carbocycles. The van der Waals surface area contributed by atoms with Crippen molar-refractivity contribution in [3.05, 3.63) is 51.6 Å². The first kappa shape index (κ1) is 15.0. The Morgan fingerprint density at radius 1 is 1.19 bits per heavy atom. The SMILES string of the molecule is CCCNc1cc([N+](=O)[O-])cc(-c2ccc(C)c(C)c2)n1. The van der Waals surface area contributed by atoms with Crippen LogP contribution >= 0.6 is 0 Å². The van der Waals surface area contributed by atoms with Crippen LogP contribution in [0.5, 0.6) is 0 Å². The molecule has 0 saturated carbocycles. The number of nitrogens with one attached hydrogen (secondary N) is 1. The van der Waals surface area contributed by atoms with Gasteiger partial charge in [0, 0.05) is 18.2 Å². The molecular weight excluding hydrogens is 266 g/mol. The summed E-state index contributed by atoms with van der Waals surface area (Å²) in [5.41, 5.74) is 3.89. The van der Waals surface area contributed by atoms with Crippen LogP contribution in [0.4, 0.5) is 11.5 Å². The van der Waals surface area contributed by atoms with Crippen LogP contribution in [-0.2, 0) is 0 Å². The maximum Gasteiger partial charge on any atom is 0.275 e. The first-order valence-electron chi connectivity index (χ1n) is 6.99. The number of hydrogen-bond acceptors (Lipinski definition) is 4. The van der Waals surface area contributed by atoms with Gasteiger partial charge in [-0.25, -0.2) is 4.98 Å². The largest absolute Gasteiger partial charge is 0.370 e. The summed E-state index contributed by atoms with van der Waals surface area (Å²) in [6.07, 6.45) is 0.934. The van der Waals surface area contributed by atoms with Crippen LogP contribution in [0, 0.1) is 24.0 Å². The van der Waals surface area contributed by atoms with Crippen molar-refractivity contribution in [3.8, 4) is 11.3 Å². The zero-order valence-electron chi connectivity index (χ0n) is 12.5. The minimum Gasteiger partial charge on any atom is -0.370 e. The van der Waals surface area contributed by atoms with E-state index in [0.29, 0.717) is 11.5 Å². The van der Waals surface area contributed by atoms with Crippen LogP contribution in [0.2, 0.25) is 0 Å². The normalized spacial score (nSPS) is 10.4. The van der Waals surface area contributed by atoms with Gasteiger partial charge in [0.2, 0.25) is 0 Å². The Morgan fingerprint density at radius 2 is 1.95 bits per heavy atom. The number of nitro groups is 1. The number of rotatable bonds is 5. The average molecular weight is 285 g/mol. The molecule has 0 spiro atoms. The molecule has 0 saturated heterocycles. The molecule has 1 N–H and O–H groups in total. The maximum atomic E-state index is 11.1. The summed E-state index contributed by atoms with van der Waals surface area (Å²) >= 11 is 0. The van der Waals surface area contributed by atoms with Crippen molar-refractivity contribution >= 4 is 11.5 Å². The van der Waals surface area contributed by atoms with Gasteiger partial charge in [0.05, 0.1) is 16.7 Å². The van der Waals surface area contributed by atoms with Crippen molar-refractivity contribution in [1.29, 1.82) is 0 Å². The number of anilines is 1. The molecule has 0 atom stereocenters. The van der Waals surface area contributed by atoms with Gasteiger partial charge in [0.15, 0.2) is 0 Å². The fraction of sp³-hybridized carbons (Fsp3) is 0.312. The summed E-state index contributed by atoms with van der Waals surface area (Å²) in [6, 6.07) is 8.94. The third kappa shape index (κ3) is 3.56. The second kappa shape index (κ2) is 6.35. The predicted octanol–water partition coefficient (Wildman–Crippen LogP) is 4.10. The standard InChI is InChI=1S/C16H19N3O2/c1-4-7-17-16-10-14(19(20)21)9-15(18-16)13-6-5-11(2)12(3)8-13/h5-6,8-10H,4,7H2,1-3H3,(H,17,18). The molecule has 1 aromatic heterocycles. The third-order valence-electron chi connectivity index (χ3n) is 3.38. The lowest BCUT2D eigenvalue weighted by Crippen LogP contribution is -2.03. The van der Waals surface area contributed by atoms with Gasteiger partial charge in [-0.3, -0.25) is 10.1 Å². The second-order valence-corrected chi connectivity index (χ2v) is 5.08. The van der Waals surface area contributed by atoms with Crippen molar-refractivity contribution in [2.45, 2.75) is 27.2 Å². The first-order valence-corrected chi connectivity index (χ1v) is 6.99. The van der Waals surface area contributed by atoms with E-state index in [-0.39, 0.29) is 10.6 Å². The zero-order chi connectivity index (χ0) is 15.4. The van der Waals surface area contributed by atoms with Gasteiger partial charge in [-0.1, -0.05) is 19.1 Å². The molecule has 2 aromatic rings. The van der Waals surface area contributed by atoms with Gasteiger partial charge in [-0.2, -0.15) is 0 Å². The molecule has 1 heterocycles. The monoisotopic (exact) mass is 285 g/mol.